The second kappa shape index (κ2) is 7.77. The van der Waals surface area contributed by atoms with Crippen molar-refractivity contribution in [3.8, 4) is 0 Å². The summed E-state index contributed by atoms with van der Waals surface area (Å²) in [5.74, 6) is 0.0405. The molecule has 1 N–H and O–H groups in total. The van der Waals surface area contributed by atoms with E-state index in [4.69, 9.17) is 15.4 Å². The minimum absolute atomic E-state index is 0.0952. The topological polar surface area (TPSA) is 72.5 Å². The molecule has 0 saturated carbocycles. The summed E-state index contributed by atoms with van der Waals surface area (Å²) < 4.78 is 28.1. The second-order valence-corrected chi connectivity index (χ2v) is 7.45. The smallest absolute Gasteiger partial charge is 0.261 e. The molecule has 0 radical (unpaired) electrons. The Balaban J connectivity index is 3.02. The molecule has 1 atom stereocenters. The van der Waals surface area contributed by atoms with Gasteiger partial charge in [0.2, 0.25) is 0 Å². The van der Waals surface area contributed by atoms with Crippen molar-refractivity contribution < 1.29 is 17.9 Å². The summed E-state index contributed by atoms with van der Waals surface area (Å²) in [6, 6.07) is 4.38. The summed E-state index contributed by atoms with van der Waals surface area (Å²) in [7, 11) is 2.93. The fourth-order valence-electron chi connectivity index (χ4n) is 1.71. The fourth-order valence-corrected chi connectivity index (χ4v) is 2.85. The van der Waals surface area contributed by atoms with Gasteiger partial charge in [0.05, 0.1) is 11.5 Å². The van der Waals surface area contributed by atoms with Gasteiger partial charge < -0.3 is 10.1 Å². The van der Waals surface area contributed by atoms with Gasteiger partial charge in [-0.25, -0.2) is 8.42 Å². The van der Waals surface area contributed by atoms with E-state index in [2.05, 4.69) is 5.32 Å². The van der Waals surface area contributed by atoms with Gasteiger partial charge in [-0.3, -0.25) is 4.79 Å². The minimum atomic E-state index is -3.94. The molecule has 1 unspecified atom stereocenters. The van der Waals surface area contributed by atoms with Crippen LogP contribution in [-0.2, 0) is 20.4 Å². The monoisotopic (exact) mass is 333 g/mol. The Bertz CT molecular complexity index is 601. The number of carbonyl (C=O) groups excluding carboxylic acids is 1. The Morgan fingerprint density at radius 1 is 1.43 bits per heavy atom. The highest BCUT2D eigenvalue weighted by Gasteiger charge is 2.18. The van der Waals surface area contributed by atoms with Gasteiger partial charge in [-0.15, -0.1) is 0 Å². The van der Waals surface area contributed by atoms with Crippen LogP contribution in [0.25, 0.3) is 0 Å². The third-order valence-electron chi connectivity index (χ3n) is 3.20. The molecule has 0 aliphatic heterocycles. The van der Waals surface area contributed by atoms with E-state index in [1.165, 1.54) is 19.2 Å². The van der Waals surface area contributed by atoms with Gasteiger partial charge in [-0.2, -0.15) is 0 Å². The summed E-state index contributed by atoms with van der Waals surface area (Å²) in [5.41, 5.74) is 0.684. The number of benzene rings is 1. The normalized spacial score (nSPS) is 13.0. The van der Waals surface area contributed by atoms with Crippen LogP contribution in [-0.4, -0.2) is 28.0 Å². The quantitative estimate of drug-likeness (QED) is 0.778. The molecule has 0 heterocycles. The molecular formula is C14H20ClNO4S. The minimum Gasteiger partial charge on any atom is -0.380 e. The van der Waals surface area contributed by atoms with E-state index in [9.17, 15) is 13.2 Å². The highest BCUT2D eigenvalue weighted by atomic mass is 35.7. The van der Waals surface area contributed by atoms with Crippen LogP contribution in [0.15, 0.2) is 23.1 Å². The summed E-state index contributed by atoms with van der Waals surface area (Å²) in [4.78, 5) is 11.9. The third kappa shape index (κ3) is 5.30. The van der Waals surface area contributed by atoms with Crippen LogP contribution >= 0.6 is 10.7 Å². The maximum atomic E-state index is 12.0. The van der Waals surface area contributed by atoms with Crippen LogP contribution in [0, 0.1) is 5.92 Å². The molecule has 1 amide bonds. The van der Waals surface area contributed by atoms with Crippen LogP contribution in [0.4, 0.5) is 0 Å². The molecule has 0 saturated heterocycles. The van der Waals surface area contributed by atoms with Gasteiger partial charge >= 0.3 is 0 Å². The molecule has 0 fully saturated rings. The number of hydrogen-bond acceptors (Lipinski definition) is 4. The van der Waals surface area contributed by atoms with E-state index in [1.807, 2.05) is 13.8 Å². The fraction of sp³-hybridized carbons (Fsp3) is 0.500. The predicted octanol–water partition coefficient (Wildman–Crippen LogP) is 2.54. The number of amides is 1. The Morgan fingerprint density at radius 3 is 2.62 bits per heavy atom. The summed E-state index contributed by atoms with van der Waals surface area (Å²) in [5, 5.41) is 2.77. The average molecular weight is 334 g/mol. The van der Waals surface area contributed by atoms with Crippen LogP contribution in [0.3, 0.4) is 0 Å². The van der Waals surface area contributed by atoms with Gasteiger partial charge in [0, 0.05) is 29.9 Å². The maximum Gasteiger partial charge on any atom is 0.261 e. The summed E-state index contributed by atoms with van der Waals surface area (Å²) >= 11 is 0. The molecule has 1 rings (SSSR count). The summed E-state index contributed by atoms with van der Waals surface area (Å²) in [6.45, 7) is 4.71. The van der Waals surface area contributed by atoms with Gasteiger partial charge in [0.15, 0.2) is 0 Å². The lowest BCUT2D eigenvalue weighted by molar-refractivity contribution is 0.0947. The van der Waals surface area contributed by atoms with E-state index in [1.54, 1.807) is 6.07 Å². The lowest BCUT2D eigenvalue weighted by Gasteiger charge is -2.12. The first kappa shape index (κ1) is 17.9. The zero-order valence-electron chi connectivity index (χ0n) is 12.3. The van der Waals surface area contributed by atoms with E-state index >= 15 is 0 Å². The number of carbonyl (C=O) groups is 1. The molecule has 0 spiro atoms. The number of hydrogen-bond donors (Lipinski definition) is 1. The zero-order valence-corrected chi connectivity index (χ0v) is 13.9. The van der Waals surface area contributed by atoms with Crippen molar-refractivity contribution in [1.82, 2.24) is 5.32 Å². The van der Waals surface area contributed by atoms with Gasteiger partial charge in [0.1, 0.15) is 0 Å². The SMILES string of the molecule is CCC(C)CNC(=O)c1ccc(COC)c(S(=O)(=O)Cl)c1. The van der Waals surface area contributed by atoms with Gasteiger partial charge in [-0.1, -0.05) is 26.3 Å². The lowest BCUT2D eigenvalue weighted by atomic mass is 10.1. The van der Waals surface area contributed by atoms with Crippen molar-refractivity contribution in [2.45, 2.75) is 31.8 Å². The highest BCUT2D eigenvalue weighted by Crippen LogP contribution is 2.22. The Morgan fingerprint density at radius 2 is 2.10 bits per heavy atom. The molecule has 0 bridgehead atoms. The van der Waals surface area contributed by atoms with Crippen molar-refractivity contribution in [3.63, 3.8) is 0 Å². The number of rotatable bonds is 7. The van der Waals surface area contributed by atoms with E-state index in [0.29, 0.717) is 18.0 Å². The van der Waals surface area contributed by atoms with Crippen LogP contribution in [0.5, 0.6) is 0 Å². The number of halogens is 1. The van der Waals surface area contributed by atoms with E-state index in [0.717, 1.165) is 6.42 Å². The Labute approximate surface area is 130 Å². The van der Waals surface area contributed by atoms with Gasteiger partial charge in [-0.05, 0) is 23.6 Å². The first-order valence-corrected chi connectivity index (χ1v) is 8.95. The van der Waals surface area contributed by atoms with Crippen molar-refractivity contribution in [1.29, 1.82) is 0 Å². The molecule has 7 heteroatoms. The maximum absolute atomic E-state index is 12.0. The molecular weight excluding hydrogens is 314 g/mol. The highest BCUT2D eigenvalue weighted by molar-refractivity contribution is 8.13. The van der Waals surface area contributed by atoms with Gasteiger partial charge in [0.25, 0.3) is 15.0 Å². The van der Waals surface area contributed by atoms with Crippen LogP contribution in [0.2, 0.25) is 0 Å². The lowest BCUT2D eigenvalue weighted by Crippen LogP contribution is -2.28. The molecule has 1 aromatic carbocycles. The first-order valence-electron chi connectivity index (χ1n) is 6.64. The first-order chi connectivity index (χ1) is 9.79. The zero-order chi connectivity index (χ0) is 16.0. The van der Waals surface area contributed by atoms with E-state index in [-0.39, 0.29) is 23.0 Å². The van der Waals surface area contributed by atoms with E-state index < -0.39 is 9.05 Å². The average Bonchev–Trinajstić information content (AvgIpc) is 2.43. The molecule has 0 aromatic heterocycles. The molecule has 0 aliphatic carbocycles. The molecule has 21 heavy (non-hydrogen) atoms. The largest absolute Gasteiger partial charge is 0.380 e. The third-order valence-corrected chi connectivity index (χ3v) is 4.60. The molecule has 1 aromatic rings. The van der Waals surface area contributed by atoms with Crippen molar-refractivity contribution in [2.75, 3.05) is 13.7 Å². The van der Waals surface area contributed by atoms with Crippen LogP contribution in [0.1, 0.15) is 36.2 Å². The molecule has 5 nitrogen and oxygen atoms in total. The predicted molar refractivity (Wildman–Crippen MR) is 82.0 cm³/mol. The number of ether oxygens (including phenoxy) is 1. The number of methoxy groups -OCH3 is 1. The Hall–Kier alpha value is -1.11. The van der Waals surface area contributed by atoms with Crippen molar-refractivity contribution >= 4 is 25.6 Å². The molecule has 0 aliphatic rings. The number of nitrogens with one attached hydrogen (secondary N) is 1. The standard InChI is InChI=1S/C14H20ClNO4S/c1-4-10(2)8-16-14(17)11-5-6-12(9-20-3)13(7-11)21(15,18)19/h5-7,10H,4,8-9H2,1-3H3,(H,16,17). The molecule has 118 valence electrons. The van der Waals surface area contributed by atoms with Crippen molar-refractivity contribution in [3.05, 3.63) is 29.3 Å². The van der Waals surface area contributed by atoms with Crippen molar-refractivity contribution in [2.24, 2.45) is 5.92 Å². The Kier molecular flexibility index (Phi) is 6.64. The summed E-state index contributed by atoms with van der Waals surface area (Å²) in [6.07, 6.45) is 0.953. The second-order valence-electron chi connectivity index (χ2n) is 4.92. The van der Waals surface area contributed by atoms with Crippen LogP contribution < -0.4 is 5.32 Å².